The zero-order valence-electron chi connectivity index (χ0n) is 9.55. The lowest BCUT2D eigenvalue weighted by atomic mass is 10.7. The Morgan fingerprint density at radius 2 is 0.737 bits per heavy atom. The minimum atomic E-state index is -2.87. The molecule has 0 spiro atoms. The number of hydrogen-bond acceptors (Lipinski definition) is 4. The van der Waals surface area contributed by atoms with E-state index in [1.54, 1.807) is 23.5 Å². The molecule has 0 heterocycles. The van der Waals surface area contributed by atoms with Gasteiger partial charge in [-0.2, -0.15) is 0 Å². The maximum atomic E-state index is 8.70. The van der Waals surface area contributed by atoms with Crippen LogP contribution in [-0.4, -0.2) is 34.3 Å². The molecule has 0 aromatic heterocycles. The monoisotopic (exact) mass is 338 g/mol. The summed E-state index contributed by atoms with van der Waals surface area (Å²) in [6.07, 6.45) is 4.88. The highest BCUT2D eigenvalue weighted by molar-refractivity contribution is 7.31. The molecule has 6 N–H and O–H groups in total. The van der Waals surface area contributed by atoms with E-state index >= 15 is 0 Å². The minimum Gasteiger partial charge on any atom is -0.332 e. The van der Waals surface area contributed by atoms with E-state index in [4.69, 9.17) is 43.1 Å². The van der Waals surface area contributed by atoms with Crippen LogP contribution in [0.25, 0.3) is 0 Å². The predicted molar refractivity (Wildman–Crippen MR) is 68.6 cm³/mol. The molecule has 0 aromatic rings. The standard InChI is InChI=1S/C6H9N.3HO3P/c1-4-7(5-2)6-3;3*1-4(2)3/h4-6H,1-3H2;3*(H-,1,2,3)/p+3. The zero-order chi connectivity index (χ0) is 16.4. The van der Waals surface area contributed by atoms with Gasteiger partial charge in [-0.05, 0) is 0 Å². The van der Waals surface area contributed by atoms with Crippen LogP contribution in [0.15, 0.2) is 38.3 Å². The van der Waals surface area contributed by atoms with Gasteiger partial charge in [0.2, 0.25) is 0 Å². The van der Waals surface area contributed by atoms with Gasteiger partial charge in [0, 0.05) is 32.3 Å². The van der Waals surface area contributed by atoms with Gasteiger partial charge in [-0.15, -0.1) is 29.4 Å². The Bertz CT molecular complexity index is 249. The molecule has 10 nitrogen and oxygen atoms in total. The first-order valence-electron chi connectivity index (χ1n) is 3.75. The van der Waals surface area contributed by atoms with Gasteiger partial charge in [0.25, 0.3) is 0 Å². The first-order chi connectivity index (χ1) is 8.54. The molecular formula is C6H15NO9P3+3. The van der Waals surface area contributed by atoms with Crippen LogP contribution in [0.5, 0.6) is 0 Å². The van der Waals surface area contributed by atoms with E-state index in [0.29, 0.717) is 0 Å². The van der Waals surface area contributed by atoms with Crippen LogP contribution in [0.2, 0.25) is 0 Å². The molecule has 0 atom stereocenters. The van der Waals surface area contributed by atoms with E-state index in [1.165, 1.54) is 0 Å². The number of rotatable bonds is 3. The molecule has 0 radical (unpaired) electrons. The van der Waals surface area contributed by atoms with Gasteiger partial charge >= 0.3 is 24.8 Å². The smallest absolute Gasteiger partial charge is 0.332 e. The van der Waals surface area contributed by atoms with Gasteiger partial charge in [-0.1, -0.05) is 19.7 Å². The largest absolute Gasteiger partial charge is 0.692 e. The predicted octanol–water partition coefficient (Wildman–Crippen LogP) is 0.604. The first kappa shape index (κ1) is 26.6. The van der Waals surface area contributed by atoms with Crippen molar-refractivity contribution in [3.8, 4) is 0 Å². The van der Waals surface area contributed by atoms with E-state index in [1.807, 2.05) is 0 Å². The van der Waals surface area contributed by atoms with Gasteiger partial charge in [0.1, 0.15) is 0 Å². The highest BCUT2D eigenvalue weighted by Gasteiger charge is 1.93. The van der Waals surface area contributed by atoms with E-state index in [9.17, 15) is 0 Å². The molecule has 0 aliphatic heterocycles. The van der Waals surface area contributed by atoms with Crippen LogP contribution >= 0.6 is 24.8 Å². The topological polar surface area (TPSA) is 176 Å². The average molecular weight is 338 g/mol. The van der Waals surface area contributed by atoms with Crippen molar-refractivity contribution in [1.29, 1.82) is 0 Å². The van der Waals surface area contributed by atoms with E-state index in [2.05, 4.69) is 19.7 Å². The summed E-state index contributed by atoms with van der Waals surface area (Å²) in [5.74, 6) is 0. The average Bonchev–Trinajstić information content (AvgIpc) is 2.17. The normalized spacial score (nSPS) is 6.63. The molecule has 0 amide bonds. The maximum Gasteiger partial charge on any atom is 0.692 e. The summed E-state index contributed by atoms with van der Waals surface area (Å²) in [4.78, 5) is 44.4. The van der Waals surface area contributed by atoms with Crippen molar-refractivity contribution in [2.24, 2.45) is 0 Å². The van der Waals surface area contributed by atoms with Gasteiger partial charge < -0.3 is 4.90 Å². The summed E-state index contributed by atoms with van der Waals surface area (Å²) in [5, 5.41) is 0. The molecular weight excluding hydrogens is 323 g/mol. The van der Waals surface area contributed by atoms with Crippen LogP contribution in [0.3, 0.4) is 0 Å². The Morgan fingerprint density at radius 1 is 0.632 bits per heavy atom. The molecule has 0 aliphatic rings. The molecule has 0 saturated carbocycles. The van der Waals surface area contributed by atoms with E-state index in [0.717, 1.165) is 0 Å². The lowest BCUT2D eigenvalue weighted by Gasteiger charge is -2.03. The molecule has 13 heteroatoms. The third kappa shape index (κ3) is 151. The maximum absolute atomic E-state index is 8.70. The summed E-state index contributed by atoms with van der Waals surface area (Å²) >= 11 is 0. The second kappa shape index (κ2) is 22.3. The van der Waals surface area contributed by atoms with Crippen LogP contribution < -0.4 is 0 Å². The lowest BCUT2D eigenvalue weighted by molar-refractivity contribution is 0.403. The minimum absolute atomic E-state index is 1.62. The second-order valence-electron chi connectivity index (χ2n) is 1.75. The van der Waals surface area contributed by atoms with Crippen LogP contribution in [0, 0.1) is 0 Å². The SMILES string of the molecule is C=CN(C=C)C=C.O=[P+](O)O.O=[P+](O)O.O=[P+](O)O. The highest BCUT2D eigenvalue weighted by atomic mass is 31.1. The number of nitrogens with zero attached hydrogens (tertiary/aromatic N) is 1. The molecule has 19 heavy (non-hydrogen) atoms. The summed E-state index contributed by atoms with van der Waals surface area (Å²) in [6, 6.07) is 0. The van der Waals surface area contributed by atoms with Crippen molar-refractivity contribution in [2.45, 2.75) is 0 Å². The van der Waals surface area contributed by atoms with Gasteiger partial charge in [0.15, 0.2) is 0 Å². The first-order valence-corrected chi connectivity index (χ1v) is 7.24. The Labute approximate surface area is 112 Å². The molecule has 0 rings (SSSR count). The van der Waals surface area contributed by atoms with Crippen molar-refractivity contribution in [3.05, 3.63) is 38.3 Å². The van der Waals surface area contributed by atoms with Crippen molar-refractivity contribution in [3.63, 3.8) is 0 Å². The Hall–Kier alpha value is -0.920. The van der Waals surface area contributed by atoms with E-state index < -0.39 is 24.8 Å². The Kier molecular flexibility index (Phi) is 31.2. The summed E-state index contributed by atoms with van der Waals surface area (Å²) in [7, 11) is -8.61. The van der Waals surface area contributed by atoms with Gasteiger partial charge in [-0.25, -0.2) is 0 Å². The number of hydrogen-bond donors (Lipinski definition) is 6. The third-order valence-electron chi connectivity index (χ3n) is 0.632. The van der Waals surface area contributed by atoms with E-state index in [-0.39, 0.29) is 0 Å². The van der Waals surface area contributed by atoms with Crippen LogP contribution in [0.1, 0.15) is 0 Å². The summed E-state index contributed by atoms with van der Waals surface area (Å²) < 4.78 is 26.1. The van der Waals surface area contributed by atoms with Crippen molar-refractivity contribution < 1.29 is 43.1 Å². The fraction of sp³-hybridized carbons (Fsp3) is 0. The van der Waals surface area contributed by atoms with Crippen molar-refractivity contribution in [2.75, 3.05) is 0 Å². The molecule has 0 aliphatic carbocycles. The Balaban J connectivity index is -0.0000000825. The van der Waals surface area contributed by atoms with Crippen LogP contribution in [0.4, 0.5) is 0 Å². The van der Waals surface area contributed by atoms with Crippen molar-refractivity contribution in [1.82, 2.24) is 4.90 Å². The fourth-order valence-electron chi connectivity index (χ4n) is 0.224. The highest BCUT2D eigenvalue weighted by Crippen LogP contribution is 1.99. The molecule has 110 valence electrons. The molecule has 0 unspecified atom stereocenters. The molecule has 0 saturated heterocycles. The quantitative estimate of drug-likeness (QED) is 0.399. The molecule has 0 bridgehead atoms. The van der Waals surface area contributed by atoms with Crippen LogP contribution in [-0.2, 0) is 13.7 Å². The Morgan fingerprint density at radius 3 is 0.737 bits per heavy atom. The third-order valence-corrected chi connectivity index (χ3v) is 0.632. The zero-order valence-corrected chi connectivity index (χ0v) is 12.2. The lowest BCUT2D eigenvalue weighted by Crippen LogP contribution is -1.94. The summed E-state index contributed by atoms with van der Waals surface area (Å²) in [5.41, 5.74) is 0. The second-order valence-corrected chi connectivity index (χ2v) is 3.27. The molecule has 0 fully saturated rings. The molecule has 0 aromatic carbocycles. The summed E-state index contributed by atoms with van der Waals surface area (Å²) in [6.45, 7) is 10.5. The van der Waals surface area contributed by atoms with Crippen molar-refractivity contribution >= 4 is 24.8 Å². The van der Waals surface area contributed by atoms with Gasteiger partial charge in [0.05, 0.1) is 0 Å². The fourth-order valence-corrected chi connectivity index (χ4v) is 0.224. The van der Waals surface area contributed by atoms with Gasteiger partial charge in [-0.3, -0.25) is 0 Å².